The van der Waals surface area contributed by atoms with Crippen LogP contribution in [0.4, 0.5) is 0 Å². The van der Waals surface area contributed by atoms with Crippen molar-refractivity contribution in [3.8, 4) is 6.07 Å². The number of carbonyl (C=O) groups is 1. The Labute approximate surface area is 102 Å². The minimum Gasteiger partial charge on any atom is -0.469 e. The maximum atomic E-state index is 11.2. The van der Waals surface area contributed by atoms with E-state index in [2.05, 4.69) is 20.7 Å². The van der Waals surface area contributed by atoms with Gasteiger partial charge in [0.15, 0.2) is 0 Å². The highest BCUT2D eigenvalue weighted by molar-refractivity contribution is 9.10. The summed E-state index contributed by atoms with van der Waals surface area (Å²) >= 11 is 3.32. The van der Waals surface area contributed by atoms with E-state index in [9.17, 15) is 4.79 Å². The normalized spacial score (nSPS) is 9.62. The molecule has 0 aliphatic carbocycles. The third kappa shape index (κ3) is 2.81. The minimum absolute atomic E-state index is 0.148. The summed E-state index contributed by atoms with van der Waals surface area (Å²) in [5, 5.41) is 8.80. The van der Waals surface area contributed by atoms with Gasteiger partial charge in [-0.05, 0) is 23.3 Å². The van der Waals surface area contributed by atoms with Crippen molar-refractivity contribution in [3.63, 3.8) is 0 Å². The van der Waals surface area contributed by atoms with Crippen molar-refractivity contribution in [1.82, 2.24) is 0 Å². The van der Waals surface area contributed by atoms with Crippen LogP contribution in [0.25, 0.3) is 0 Å². The summed E-state index contributed by atoms with van der Waals surface area (Å²) < 4.78 is 5.31. The van der Waals surface area contributed by atoms with Gasteiger partial charge in [0.05, 0.1) is 25.2 Å². The van der Waals surface area contributed by atoms with Crippen molar-refractivity contribution in [2.24, 2.45) is 5.73 Å². The number of hydrogen-bond acceptors (Lipinski definition) is 4. The molecule has 0 aliphatic heterocycles. The maximum Gasteiger partial charge on any atom is 0.310 e. The molecular formula is C11H11BrN2O2. The Bertz CT molecular complexity index is 452. The average molecular weight is 283 g/mol. The molecule has 0 amide bonds. The number of rotatable bonds is 3. The number of hydrogen-bond donors (Lipinski definition) is 1. The first-order valence-electron chi connectivity index (χ1n) is 4.60. The van der Waals surface area contributed by atoms with Gasteiger partial charge in [-0.25, -0.2) is 0 Å². The number of nitriles is 1. The zero-order valence-corrected chi connectivity index (χ0v) is 10.4. The highest BCUT2D eigenvalue weighted by atomic mass is 79.9. The van der Waals surface area contributed by atoms with E-state index in [1.165, 1.54) is 7.11 Å². The lowest BCUT2D eigenvalue weighted by atomic mass is 10.0. The van der Waals surface area contributed by atoms with Crippen molar-refractivity contribution in [1.29, 1.82) is 5.26 Å². The van der Waals surface area contributed by atoms with Crippen molar-refractivity contribution >= 4 is 21.9 Å². The van der Waals surface area contributed by atoms with Gasteiger partial charge in [0, 0.05) is 11.0 Å². The van der Waals surface area contributed by atoms with Gasteiger partial charge in [0.1, 0.15) is 0 Å². The number of carbonyl (C=O) groups excluding carboxylic acids is 1. The molecule has 16 heavy (non-hydrogen) atoms. The molecule has 0 unspecified atom stereocenters. The van der Waals surface area contributed by atoms with E-state index in [4.69, 9.17) is 11.0 Å². The standard InChI is InChI=1S/C11H11BrN2O2/c1-16-11(15)4-9-8(6-14)2-7(5-13)3-10(9)12/h2-3H,4,6,14H2,1H3. The Morgan fingerprint density at radius 1 is 1.62 bits per heavy atom. The van der Waals surface area contributed by atoms with Crippen LogP contribution in [0.5, 0.6) is 0 Å². The molecule has 0 aliphatic rings. The van der Waals surface area contributed by atoms with Gasteiger partial charge in [-0.3, -0.25) is 4.79 Å². The van der Waals surface area contributed by atoms with Gasteiger partial charge in [0.25, 0.3) is 0 Å². The lowest BCUT2D eigenvalue weighted by Crippen LogP contribution is -2.10. The smallest absolute Gasteiger partial charge is 0.310 e. The summed E-state index contributed by atoms with van der Waals surface area (Å²) in [4.78, 5) is 11.2. The van der Waals surface area contributed by atoms with E-state index in [-0.39, 0.29) is 18.9 Å². The van der Waals surface area contributed by atoms with Crippen LogP contribution in [-0.4, -0.2) is 13.1 Å². The first-order valence-corrected chi connectivity index (χ1v) is 5.40. The summed E-state index contributed by atoms with van der Waals surface area (Å²) in [5.41, 5.74) is 7.64. The molecular weight excluding hydrogens is 272 g/mol. The Kier molecular flexibility index (Phi) is 4.47. The summed E-state index contributed by atoms with van der Waals surface area (Å²) in [6, 6.07) is 5.38. The molecule has 0 bridgehead atoms. The number of nitrogens with zero attached hydrogens (tertiary/aromatic N) is 1. The molecule has 2 N–H and O–H groups in total. The molecule has 0 spiro atoms. The maximum absolute atomic E-state index is 11.2. The molecule has 0 fully saturated rings. The Hall–Kier alpha value is -1.38. The van der Waals surface area contributed by atoms with E-state index in [1.807, 2.05) is 6.07 Å². The van der Waals surface area contributed by atoms with E-state index in [1.54, 1.807) is 12.1 Å². The zero-order chi connectivity index (χ0) is 12.1. The number of ether oxygens (including phenoxy) is 1. The van der Waals surface area contributed by atoms with E-state index >= 15 is 0 Å². The second-order valence-electron chi connectivity index (χ2n) is 3.16. The van der Waals surface area contributed by atoms with Crippen molar-refractivity contribution < 1.29 is 9.53 Å². The second kappa shape index (κ2) is 5.64. The molecule has 0 radical (unpaired) electrons. The fraction of sp³-hybridized carbons (Fsp3) is 0.273. The lowest BCUT2D eigenvalue weighted by molar-refractivity contribution is -0.139. The monoisotopic (exact) mass is 282 g/mol. The predicted molar refractivity (Wildman–Crippen MR) is 62.5 cm³/mol. The molecule has 1 aromatic rings. The van der Waals surface area contributed by atoms with Crippen molar-refractivity contribution in [2.75, 3.05) is 7.11 Å². The summed E-state index contributed by atoms with van der Waals surface area (Å²) in [5.74, 6) is -0.333. The van der Waals surface area contributed by atoms with Gasteiger partial charge in [-0.2, -0.15) is 5.26 Å². The fourth-order valence-corrected chi connectivity index (χ4v) is 2.00. The van der Waals surface area contributed by atoms with Gasteiger partial charge in [0.2, 0.25) is 0 Å². The molecule has 84 valence electrons. The second-order valence-corrected chi connectivity index (χ2v) is 4.02. The molecule has 1 aromatic carbocycles. The van der Waals surface area contributed by atoms with Crippen LogP contribution >= 0.6 is 15.9 Å². The molecule has 5 heteroatoms. The molecule has 0 heterocycles. The summed E-state index contributed by atoms with van der Waals surface area (Å²) in [6.07, 6.45) is 0.148. The van der Waals surface area contributed by atoms with E-state index in [0.29, 0.717) is 10.0 Å². The highest BCUT2D eigenvalue weighted by Gasteiger charge is 2.12. The summed E-state index contributed by atoms with van der Waals surface area (Å²) in [6.45, 7) is 0.278. The number of benzene rings is 1. The van der Waals surface area contributed by atoms with Crippen LogP contribution in [0, 0.1) is 11.3 Å². The number of nitrogens with two attached hydrogens (primary N) is 1. The molecule has 4 nitrogen and oxygen atoms in total. The van der Waals surface area contributed by atoms with Gasteiger partial charge in [-0.1, -0.05) is 15.9 Å². The van der Waals surface area contributed by atoms with Crippen molar-refractivity contribution in [3.05, 3.63) is 33.3 Å². The third-order valence-electron chi connectivity index (χ3n) is 2.19. The van der Waals surface area contributed by atoms with Gasteiger partial charge in [-0.15, -0.1) is 0 Å². The molecule has 0 saturated heterocycles. The Morgan fingerprint density at radius 3 is 2.81 bits per heavy atom. The van der Waals surface area contributed by atoms with Gasteiger partial charge >= 0.3 is 5.97 Å². The van der Waals surface area contributed by atoms with Crippen LogP contribution < -0.4 is 5.73 Å². The number of halogens is 1. The number of methoxy groups -OCH3 is 1. The molecule has 1 rings (SSSR count). The molecule has 0 atom stereocenters. The fourth-order valence-electron chi connectivity index (χ4n) is 1.35. The van der Waals surface area contributed by atoms with Crippen LogP contribution in [0.15, 0.2) is 16.6 Å². The SMILES string of the molecule is COC(=O)Cc1c(Br)cc(C#N)cc1CN. The van der Waals surface area contributed by atoms with Gasteiger partial charge < -0.3 is 10.5 Å². The summed E-state index contributed by atoms with van der Waals surface area (Å²) in [7, 11) is 1.34. The van der Waals surface area contributed by atoms with E-state index in [0.717, 1.165) is 11.1 Å². The first-order chi connectivity index (χ1) is 7.62. The van der Waals surface area contributed by atoms with E-state index < -0.39 is 0 Å². The van der Waals surface area contributed by atoms with Crippen LogP contribution in [-0.2, 0) is 22.5 Å². The van der Waals surface area contributed by atoms with Crippen LogP contribution in [0.3, 0.4) is 0 Å². The van der Waals surface area contributed by atoms with Crippen LogP contribution in [0.2, 0.25) is 0 Å². The van der Waals surface area contributed by atoms with Crippen LogP contribution in [0.1, 0.15) is 16.7 Å². The number of esters is 1. The largest absolute Gasteiger partial charge is 0.469 e. The first kappa shape index (κ1) is 12.7. The lowest BCUT2D eigenvalue weighted by Gasteiger charge is -2.09. The Balaban J connectivity index is 3.17. The zero-order valence-electron chi connectivity index (χ0n) is 8.79. The molecule has 0 aromatic heterocycles. The minimum atomic E-state index is -0.333. The third-order valence-corrected chi connectivity index (χ3v) is 2.89. The average Bonchev–Trinajstić information content (AvgIpc) is 2.30. The topological polar surface area (TPSA) is 76.1 Å². The molecule has 0 saturated carbocycles. The quantitative estimate of drug-likeness (QED) is 0.853. The Morgan fingerprint density at radius 2 is 2.31 bits per heavy atom. The predicted octanol–water partition coefficient (Wildman–Crippen LogP) is 1.49. The van der Waals surface area contributed by atoms with Crippen molar-refractivity contribution in [2.45, 2.75) is 13.0 Å². The highest BCUT2D eigenvalue weighted by Crippen LogP contribution is 2.23.